The van der Waals surface area contributed by atoms with Crippen molar-refractivity contribution in [1.82, 2.24) is 0 Å². The van der Waals surface area contributed by atoms with Gasteiger partial charge in [-0.15, -0.1) is 0 Å². The van der Waals surface area contributed by atoms with Crippen LogP contribution in [0.25, 0.3) is 0 Å². The first-order valence-corrected chi connectivity index (χ1v) is 5.46. The van der Waals surface area contributed by atoms with Crippen molar-refractivity contribution >= 4 is 28.0 Å². The second-order valence-electron chi connectivity index (χ2n) is 2.93. The molecule has 82 valence electrons. The summed E-state index contributed by atoms with van der Waals surface area (Å²) in [7, 11) is 1.40. The van der Waals surface area contributed by atoms with E-state index in [2.05, 4.69) is 15.9 Å². The van der Waals surface area contributed by atoms with Crippen LogP contribution in [0.5, 0.6) is 5.75 Å². The average Bonchev–Trinajstić information content (AvgIpc) is 2.35. The molecule has 0 radical (unpaired) electrons. The Hall–Kier alpha value is -1.67. The first kappa shape index (κ1) is 12.4. The highest BCUT2D eigenvalue weighted by atomic mass is 79.9. The van der Waals surface area contributed by atoms with Crippen LogP contribution in [0.15, 0.2) is 12.1 Å². The fourth-order valence-corrected chi connectivity index (χ4v) is 1.56. The number of carbonyl (C=O) groups excluding carboxylic acids is 2. The van der Waals surface area contributed by atoms with Crippen LogP contribution in [-0.2, 0) is 0 Å². The molecule has 0 saturated carbocycles. The van der Waals surface area contributed by atoms with Gasteiger partial charge in [-0.2, -0.15) is 5.26 Å². The van der Waals surface area contributed by atoms with E-state index in [4.69, 9.17) is 10.00 Å². The van der Waals surface area contributed by atoms with Crippen LogP contribution in [0.1, 0.15) is 26.3 Å². The minimum absolute atomic E-state index is 0.116. The summed E-state index contributed by atoms with van der Waals surface area (Å²) >= 11 is 3.03. The van der Waals surface area contributed by atoms with E-state index in [1.807, 2.05) is 6.07 Å². The number of ketones is 1. The summed E-state index contributed by atoms with van der Waals surface area (Å²) in [5.41, 5.74) is 0.680. The summed E-state index contributed by atoms with van der Waals surface area (Å²) in [6.45, 7) is 0. The highest BCUT2D eigenvalue weighted by Crippen LogP contribution is 2.22. The van der Waals surface area contributed by atoms with Crippen LogP contribution in [0, 0.1) is 11.3 Å². The predicted molar refractivity (Wildman–Crippen MR) is 61.2 cm³/mol. The number of methoxy groups -OCH3 is 1. The lowest BCUT2D eigenvalue weighted by Gasteiger charge is -2.07. The molecule has 0 heterocycles. The van der Waals surface area contributed by atoms with Gasteiger partial charge in [0.25, 0.3) is 0 Å². The Labute approximate surface area is 101 Å². The number of halogens is 1. The molecule has 0 N–H and O–H groups in total. The van der Waals surface area contributed by atoms with Gasteiger partial charge in [0.2, 0.25) is 0 Å². The molecule has 0 aromatic heterocycles. The fourth-order valence-electron chi connectivity index (χ4n) is 1.26. The predicted octanol–water partition coefficient (Wildman–Crippen LogP) is 1.96. The number of nitrogens with zero attached hydrogens (tertiary/aromatic N) is 1. The summed E-state index contributed by atoms with van der Waals surface area (Å²) < 4.78 is 4.96. The molecule has 1 aromatic rings. The standard InChI is InChI=1S/C11H8BrNO3/c1-16-11-3-9(10(15)4-12)7(5-13)2-8(11)6-14/h2-3,6H,4H2,1H3. The third-order valence-electron chi connectivity index (χ3n) is 2.04. The Bertz CT molecular complexity index is 477. The molecule has 0 aliphatic rings. The average molecular weight is 282 g/mol. The molecule has 1 aromatic carbocycles. The number of benzene rings is 1. The minimum Gasteiger partial charge on any atom is -0.496 e. The Morgan fingerprint density at radius 2 is 2.31 bits per heavy atom. The van der Waals surface area contributed by atoms with E-state index in [0.29, 0.717) is 12.0 Å². The van der Waals surface area contributed by atoms with E-state index in [-0.39, 0.29) is 27.8 Å². The van der Waals surface area contributed by atoms with Gasteiger partial charge >= 0.3 is 0 Å². The van der Waals surface area contributed by atoms with E-state index < -0.39 is 0 Å². The second kappa shape index (κ2) is 5.42. The van der Waals surface area contributed by atoms with Crippen molar-refractivity contribution in [3.05, 3.63) is 28.8 Å². The number of nitriles is 1. The van der Waals surface area contributed by atoms with Crippen molar-refractivity contribution in [1.29, 1.82) is 5.26 Å². The van der Waals surface area contributed by atoms with Crippen molar-refractivity contribution < 1.29 is 14.3 Å². The maximum Gasteiger partial charge on any atom is 0.174 e. The van der Waals surface area contributed by atoms with Gasteiger partial charge in [-0.3, -0.25) is 9.59 Å². The van der Waals surface area contributed by atoms with Crippen LogP contribution in [0.3, 0.4) is 0 Å². The van der Waals surface area contributed by atoms with Gasteiger partial charge in [0.1, 0.15) is 5.75 Å². The molecule has 0 amide bonds. The maximum atomic E-state index is 11.5. The number of Topliss-reactive ketones (excluding diaryl/α,β-unsaturated/α-hetero) is 1. The number of ether oxygens (including phenoxy) is 1. The second-order valence-corrected chi connectivity index (χ2v) is 3.49. The number of alkyl halides is 1. The molecule has 0 bridgehead atoms. The van der Waals surface area contributed by atoms with Gasteiger partial charge in [-0.05, 0) is 12.1 Å². The molecular formula is C11H8BrNO3. The summed E-state index contributed by atoms with van der Waals surface area (Å²) in [5, 5.41) is 8.99. The number of hydrogen-bond acceptors (Lipinski definition) is 4. The van der Waals surface area contributed by atoms with Gasteiger partial charge in [-0.1, -0.05) is 15.9 Å². The topological polar surface area (TPSA) is 67.2 Å². The normalized spacial score (nSPS) is 9.31. The molecule has 1 rings (SSSR count). The van der Waals surface area contributed by atoms with Crippen molar-refractivity contribution in [2.75, 3.05) is 12.4 Å². The molecule has 5 heteroatoms. The molecule has 0 aliphatic heterocycles. The zero-order valence-electron chi connectivity index (χ0n) is 8.49. The van der Waals surface area contributed by atoms with Gasteiger partial charge in [0, 0.05) is 5.56 Å². The minimum atomic E-state index is -0.229. The molecule has 4 nitrogen and oxygen atoms in total. The van der Waals surface area contributed by atoms with Crippen molar-refractivity contribution in [2.45, 2.75) is 0 Å². The van der Waals surface area contributed by atoms with Crippen LogP contribution < -0.4 is 4.74 Å². The van der Waals surface area contributed by atoms with Crippen molar-refractivity contribution in [3.8, 4) is 11.8 Å². The monoisotopic (exact) mass is 281 g/mol. The van der Waals surface area contributed by atoms with E-state index in [1.165, 1.54) is 19.2 Å². The number of carbonyl (C=O) groups is 2. The van der Waals surface area contributed by atoms with Crippen LogP contribution in [-0.4, -0.2) is 24.5 Å². The Morgan fingerprint density at radius 3 is 2.75 bits per heavy atom. The molecule has 0 spiro atoms. The fraction of sp³-hybridized carbons (Fsp3) is 0.182. The van der Waals surface area contributed by atoms with Crippen molar-refractivity contribution in [3.63, 3.8) is 0 Å². The lowest BCUT2D eigenvalue weighted by molar-refractivity contribution is 0.102. The summed E-state index contributed by atoms with van der Waals surface area (Å²) in [4.78, 5) is 22.2. The molecule has 0 fully saturated rings. The maximum absolute atomic E-state index is 11.5. The highest BCUT2D eigenvalue weighted by Gasteiger charge is 2.14. The molecule has 0 atom stereocenters. The van der Waals surface area contributed by atoms with E-state index >= 15 is 0 Å². The largest absolute Gasteiger partial charge is 0.496 e. The van der Waals surface area contributed by atoms with Crippen molar-refractivity contribution in [2.24, 2.45) is 0 Å². The van der Waals surface area contributed by atoms with Crippen LogP contribution >= 0.6 is 15.9 Å². The number of rotatable bonds is 4. The zero-order valence-corrected chi connectivity index (χ0v) is 10.1. The highest BCUT2D eigenvalue weighted by molar-refractivity contribution is 9.09. The lowest BCUT2D eigenvalue weighted by atomic mass is 10.0. The van der Waals surface area contributed by atoms with Crippen LogP contribution in [0.2, 0.25) is 0 Å². The number of aldehydes is 1. The molecule has 16 heavy (non-hydrogen) atoms. The lowest BCUT2D eigenvalue weighted by Crippen LogP contribution is -2.05. The molecule has 0 aliphatic carbocycles. The first-order valence-electron chi connectivity index (χ1n) is 4.34. The van der Waals surface area contributed by atoms with Gasteiger partial charge in [0.05, 0.1) is 29.6 Å². The molecule has 0 saturated heterocycles. The third kappa shape index (κ3) is 2.28. The third-order valence-corrected chi connectivity index (χ3v) is 2.55. The van der Waals surface area contributed by atoms with Gasteiger partial charge < -0.3 is 4.74 Å². The summed E-state index contributed by atoms with van der Waals surface area (Å²) in [5.74, 6) is 0.0607. The summed E-state index contributed by atoms with van der Waals surface area (Å²) in [6, 6.07) is 4.64. The van der Waals surface area contributed by atoms with Crippen LogP contribution in [0.4, 0.5) is 0 Å². The van der Waals surface area contributed by atoms with E-state index in [0.717, 1.165) is 0 Å². The summed E-state index contributed by atoms with van der Waals surface area (Å²) in [6.07, 6.45) is 0.585. The Balaban J connectivity index is 3.44. The molecular weight excluding hydrogens is 274 g/mol. The van der Waals surface area contributed by atoms with E-state index in [1.54, 1.807) is 0 Å². The SMILES string of the molecule is COc1cc(C(=O)CBr)c(C#N)cc1C=O. The first-order chi connectivity index (χ1) is 7.67. The zero-order chi connectivity index (χ0) is 12.1. The van der Waals surface area contributed by atoms with Gasteiger partial charge in [0.15, 0.2) is 12.1 Å². The van der Waals surface area contributed by atoms with Gasteiger partial charge in [-0.25, -0.2) is 0 Å². The Kier molecular flexibility index (Phi) is 4.20. The smallest absolute Gasteiger partial charge is 0.174 e. The Morgan fingerprint density at radius 1 is 1.62 bits per heavy atom. The number of hydrogen-bond donors (Lipinski definition) is 0. The van der Waals surface area contributed by atoms with E-state index in [9.17, 15) is 9.59 Å². The molecule has 0 unspecified atom stereocenters. The quantitative estimate of drug-likeness (QED) is 0.481.